The quantitative estimate of drug-likeness (QED) is 0.296. The second-order valence-electron chi connectivity index (χ2n) is 7.35. The number of nitrogens with two attached hydrogens (primary N) is 1. The average molecular weight is 382 g/mol. The number of ether oxygens (including phenoxy) is 1. The zero-order valence-corrected chi connectivity index (χ0v) is 16.5. The van der Waals surface area contributed by atoms with Crippen molar-refractivity contribution in [3.8, 4) is 0 Å². The number of amides is 1. The van der Waals surface area contributed by atoms with Crippen molar-refractivity contribution in [2.24, 2.45) is 5.92 Å². The third-order valence-corrected chi connectivity index (χ3v) is 3.61. The van der Waals surface area contributed by atoms with Gasteiger partial charge in [0.25, 0.3) is 5.69 Å². The van der Waals surface area contributed by atoms with Crippen molar-refractivity contribution in [3.63, 3.8) is 0 Å². The Morgan fingerprint density at radius 1 is 1.38 bits per heavy atom. The molecule has 1 atom stereocenters. The van der Waals surface area contributed by atoms with Crippen molar-refractivity contribution >= 4 is 40.4 Å². The molecule has 26 heavy (non-hydrogen) atoms. The van der Waals surface area contributed by atoms with Crippen LogP contribution < -0.4 is 16.4 Å². The van der Waals surface area contributed by atoms with Crippen LogP contribution in [-0.4, -0.2) is 27.6 Å². The highest BCUT2D eigenvalue weighted by atomic mass is 32.1. The second-order valence-corrected chi connectivity index (χ2v) is 7.79. The van der Waals surface area contributed by atoms with Gasteiger partial charge in [0.05, 0.1) is 22.3 Å². The van der Waals surface area contributed by atoms with E-state index in [4.69, 9.17) is 22.7 Å². The molecule has 0 spiro atoms. The molecule has 9 heteroatoms. The first-order valence-electron chi connectivity index (χ1n) is 8.23. The largest absolute Gasteiger partial charge is 0.444 e. The molecule has 0 bridgehead atoms. The molecular formula is C17H26N4O4S. The molecule has 1 rings (SSSR count). The van der Waals surface area contributed by atoms with Crippen LogP contribution in [0.15, 0.2) is 18.2 Å². The van der Waals surface area contributed by atoms with Crippen molar-refractivity contribution in [2.75, 3.05) is 11.1 Å². The maximum absolute atomic E-state index is 12.1. The van der Waals surface area contributed by atoms with Gasteiger partial charge >= 0.3 is 6.09 Å². The van der Waals surface area contributed by atoms with E-state index in [1.807, 2.05) is 13.8 Å². The number of hydrogen-bond acceptors (Lipinski definition) is 6. The maximum Gasteiger partial charge on any atom is 0.408 e. The van der Waals surface area contributed by atoms with Crippen molar-refractivity contribution in [1.82, 2.24) is 5.32 Å². The molecule has 144 valence electrons. The summed E-state index contributed by atoms with van der Waals surface area (Å²) in [4.78, 5) is 22.8. The lowest BCUT2D eigenvalue weighted by atomic mass is 10.0. The van der Waals surface area contributed by atoms with E-state index in [2.05, 4.69) is 10.6 Å². The first-order valence-corrected chi connectivity index (χ1v) is 8.64. The molecule has 0 saturated carbocycles. The zero-order chi connectivity index (χ0) is 20.1. The Morgan fingerprint density at radius 2 is 2.00 bits per heavy atom. The number of rotatable bonds is 6. The van der Waals surface area contributed by atoms with E-state index in [0.29, 0.717) is 22.8 Å². The molecule has 0 aromatic heterocycles. The number of alkyl carbamates (subject to hydrolysis) is 1. The predicted molar refractivity (Wildman–Crippen MR) is 106 cm³/mol. The minimum atomic E-state index is -0.633. The molecule has 0 radical (unpaired) electrons. The Balaban J connectivity index is 2.94. The second kappa shape index (κ2) is 8.79. The van der Waals surface area contributed by atoms with E-state index in [0.717, 1.165) is 0 Å². The smallest absolute Gasteiger partial charge is 0.408 e. The Labute approximate surface area is 158 Å². The summed E-state index contributed by atoms with van der Waals surface area (Å²) in [6.07, 6.45) is -0.0146. The Bertz CT molecular complexity index is 686. The van der Waals surface area contributed by atoms with Crippen LogP contribution in [0.5, 0.6) is 0 Å². The van der Waals surface area contributed by atoms with Crippen LogP contribution in [0.2, 0.25) is 0 Å². The van der Waals surface area contributed by atoms with Gasteiger partial charge in [-0.2, -0.15) is 0 Å². The van der Waals surface area contributed by atoms with Crippen molar-refractivity contribution in [3.05, 3.63) is 28.3 Å². The Kier molecular flexibility index (Phi) is 7.31. The summed E-state index contributed by atoms with van der Waals surface area (Å²) >= 11 is 5.40. The van der Waals surface area contributed by atoms with Gasteiger partial charge in [-0.05, 0) is 39.2 Å². The van der Waals surface area contributed by atoms with Crippen LogP contribution in [0.1, 0.15) is 41.0 Å². The standard InChI is InChI=1S/C17H26N4O4S/c1-10(2)8-14(20-16(22)25-17(3,4)5)15(26)19-13-9-11(21(23)24)6-7-12(13)18/h6-7,9-10,14H,8,18H2,1-5H3,(H,19,26)(H,20,22)/t14-/m0/s1. The lowest BCUT2D eigenvalue weighted by Gasteiger charge is -2.25. The van der Waals surface area contributed by atoms with Gasteiger partial charge in [0, 0.05) is 12.1 Å². The van der Waals surface area contributed by atoms with Crippen LogP contribution in [0.25, 0.3) is 0 Å². The number of anilines is 2. The fraction of sp³-hybridized carbons (Fsp3) is 0.529. The average Bonchev–Trinajstić information content (AvgIpc) is 2.46. The molecule has 8 nitrogen and oxygen atoms in total. The molecule has 0 heterocycles. The van der Waals surface area contributed by atoms with Gasteiger partial charge in [-0.1, -0.05) is 26.1 Å². The third-order valence-electron chi connectivity index (χ3n) is 3.22. The Hall–Kier alpha value is -2.42. The molecule has 0 aliphatic rings. The summed E-state index contributed by atoms with van der Waals surface area (Å²) in [5, 5.41) is 16.6. The van der Waals surface area contributed by atoms with Gasteiger partial charge in [-0.15, -0.1) is 0 Å². The minimum absolute atomic E-state index is 0.106. The number of nitrogens with one attached hydrogen (secondary N) is 2. The highest BCUT2D eigenvalue weighted by Crippen LogP contribution is 2.25. The summed E-state index contributed by atoms with van der Waals surface area (Å²) in [5.41, 5.74) is 5.77. The molecule has 0 unspecified atom stereocenters. The molecule has 0 aliphatic heterocycles. The van der Waals surface area contributed by atoms with E-state index in [-0.39, 0.29) is 11.6 Å². The van der Waals surface area contributed by atoms with Gasteiger partial charge < -0.3 is 21.1 Å². The van der Waals surface area contributed by atoms with E-state index in [1.165, 1.54) is 18.2 Å². The van der Waals surface area contributed by atoms with Crippen LogP contribution in [-0.2, 0) is 4.74 Å². The summed E-state index contributed by atoms with van der Waals surface area (Å²) in [6.45, 7) is 9.29. The van der Waals surface area contributed by atoms with Gasteiger partial charge in [0.15, 0.2) is 0 Å². The molecular weight excluding hydrogens is 356 g/mol. The molecule has 4 N–H and O–H groups in total. The van der Waals surface area contributed by atoms with Crippen LogP contribution in [0.3, 0.4) is 0 Å². The van der Waals surface area contributed by atoms with Crippen molar-refractivity contribution in [2.45, 2.75) is 52.7 Å². The number of nitro groups is 1. The predicted octanol–water partition coefficient (Wildman–Crippen LogP) is 3.86. The highest BCUT2D eigenvalue weighted by molar-refractivity contribution is 7.80. The molecule has 0 saturated heterocycles. The summed E-state index contributed by atoms with van der Waals surface area (Å²) in [7, 11) is 0. The number of nitrogens with zero attached hydrogens (tertiary/aromatic N) is 1. The summed E-state index contributed by atoms with van der Waals surface area (Å²) in [5.74, 6) is 0.247. The summed E-state index contributed by atoms with van der Waals surface area (Å²) in [6, 6.07) is 3.55. The van der Waals surface area contributed by atoms with E-state index < -0.39 is 22.7 Å². The van der Waals surface area contributed by atoms with Crippen molar-refractivity contribution < 1.29 is 14.5 Å². The van der Waals surface area contributed by atoms with E-state index >= 15 is 0 Å². The first kappa shape index (κ1) is 21.6. The number of thiocarbonyl (C=S) groups is 1. The SMILES string of the molecule is CC(C)C[C@H](NC(=O)OC(C)(C)C)C(=S)Nc1cc([N+](=O)[O-])ccc1N. The zero-order valence-electron chi connectivity index (χ0n) is 15.7. The van der Waals surface area contributed by atoms with Crippen LogP contribution in [0.4, 0.5) is 21.9 Å². The van der Waals surface area contributed by atoms with Gasteiger partial charge in [0.2, 0.25) is 0 Å². The number of benzene rings is 1. The number of nitro benzene ring substituents is 1. The number of carbonyl (C=O) groups is 1. The number of hydrogen-bond donors (Lipinski definition) is 3. The van der Waals surface area contributed by atoms with Crippen molar-refractivity contribution in [1.29, 1.82) is 0 Å². The fourth-order valence-corrected chi connectivity index (χ4v) is 2.40. The highest BCUT2D eigenvalue weighted by Gasteiger charge is 2.23. The van der Waals surface area contributed by atoms with Crippen LogP contribution >= 0.6 is 12.2 Å². The lowest BCUT2D eigenvalue weighted by Crippen LogP contribution is -2.45. The molecule has 0 fully saturated rings. The van der Waals surface area contributed by atoms with E-state index in [9.17, 15) is 14.9 Å². The van der Waals surface area contributed by atoms with Gasteiger partial charge in [-0.25, -0.2) is 4.79 Å². The maximum atomic E-state index is 12.1. The normalized spacial score (nSPS) is 12.4. The first-order chi connectivity index (χ1) is 11.9. The molecule has 1 amide bonds. The number of nitrogen functional groups attached to an aromatic ring is 1. The monoisotopic (exact) mass is 382 g/mol. The lowest BCUT2D eigenvalue weighted by molar-refractivity contribution is -0.384. The number of non-ortho nitro benzene ring substituents is 1. The molecule has 0 aliphatic carbocycles. The topological polar surface area (TPSA) is 120 Å². The fourth-order valence-electron chi connectivity index (χ4n) is 2.14. The molecule has 1 aromatic carbocycles. The molecule has 1 aromatic rings. The minimum Gasteiger partial charge on any atom is -0.444 e. The van der Waals surface area contributed by atoms with Gasteiger partial charge in [0.1, 0.15) is 10.6 Å². The van der Waals surface area contributed by atoms with Crippen LogP contribution in [0, 0.1) is 16.0 Å². The van der Waals surface area contributed by atoms with Gasteiger partial charge in [-0.3, -0.25) is 10.1 Å². The Morgan fingerprint density at radius 3 is 2.50 bits per heavy atom. The third kappa shape index (κ3) is 7.22. The summed E-state index contributed by atoms with van der Waals surface area (Å²) < 4.78 is 5.27. The number of carbonyl (C=O) groups excluding carboxylic acids is 1. The van der Waals surface area contributed by atoms with E-state index in [1.54, 1.807) is 20.8 Å².